The minimum atomic E-state index is -4.96. The van der Waals surface area contributed by atoms with Crippen LogP contribution < -0.4 is 15.8 Å². The number of carboxylic acids is 1. The third kappa shape index (κ3) is 9.04. The van der Waals surface area contributed by atoms with Crippen molar-refractivity contribution in [2.24, 2.45) is 10.7 Å². The molecule has 2 aromatic carbocycles. The Balaban J connectivity index is 1.87. The minimum Gasteiger partial charge on any atom is -0.477 e. The van der Waals surface area contributed by atoms with Crippen LogP contribution in [0.5, 0.6) is 5.75 Å². The number of nitrogens with two attached hydrogens (primary N) is 1. The van der Waals surface area contributed by atoms with E-state index in [0.717, 1.165) is 52.0 Å². The van der Waals surface area contributed by atoms with Crippen molar-refractivity contribution in [2.75, 3.05) is 26.7 Å². The van der Waals surface area contributed by atoms with Gasteiger partial charge >= 0.3 is 12.3 Å². The highest BCUT2D eigenvalue weighted by Crippen LogP contribution is 2.27. The molecular weight excluding hydrogens is 595 g/mol. The lowest BCUT2D eigenvalue weighted by molar-refractivity contribution is -0.274. The summed E-state index contributed by atoms with van der Waals surface area (Å²) in [5, 5.41) is 11.8. The predicted molar refractivity (Wildman–Crippen MR) is 149 cm³/mol. The highest BCUT2D eigenvalue weighted by Gasteiger charge is 2.40. The molecule has 1 heterocycles. The zero-order valence-electron chi connectivity index (χ0n) is 23.0. The zero-order chi connectivity index (χ0) is 31.8. The van der Waals surface area contributed by atoms with E-state index in [1.807, 2.05) is 12.1 Å². The number of piperazine rings is 1. The number of carboxylic acid groups (broad SMARTS) is 1. The largest absolute Gasteiger partial charge is 0.573 e. The maximum Gasteiger partial charge on any atom is 0.573 e. The van der Waals surface area contributed by atoms with Crippen LogP contribution in [0.15, 0.2) is 83.1 Å². The average molecular weight is 626 g/mol. The Labute approximate surface area is 245 Å². The van der Waals surface area contributed by atoms with Gasteiger partial charge in [-0.15, -0.1) is 13.2 Å². The molecule has 1 atom stereocenters. The quantitative estimate of drug-likeness (QED) is 0.300. The molecule has 1 aliphatic rings. The van der Waals surface area contributed by atoms with Crippen molar-refractivity contribution >= 4 is 27.6 Å². The van der Waals surface area contributed by atoms with Crippen molar-refractivity contribution in [1.82, 2.24) is 14.5 Å². The van der Waals surface area contributed by atoms with Crippen molar-refractivity contribution in [1.29, 1.82) is 0 Å². The second-order valence-electron chi connectivity index (χ2n) is 9.14. The fourth-order valence-electron chi connectivity index (χ4n) is 4.09. The molecule has 1 amide bonds. The Morgan fingerprint density at radius 2 is 1.77 bits per heavy atom. The van der Waals surface area contributed by atoms with E-state index in [4.69, 9.17) is 15.6 Å². The predicted octanol–water partition coefficient (Wildman–Crippen LogP) is 2.19. The number of amides is 1. The SMILES string of the molecule is C=CC(=N/C=C(\N)N1CCN(S(=O)(=O)c2ccc(OC(F)(F)F)cc2)[C@@H](C(=O)NCc2ccc(COC)cc2)C1)C(=O)O. The van der Waals surface area contributed by atoms with Crippen molar-refractivity contribution in [3.8, 4) is 5.75 Å². The van der Waals surface area contributed by atoms with Gasteiger partial charge in [-0.1, -0.05) is 30.8 Å². The summed E-state index contributed by atoms with van der Waals surface area (Å²) in [6, 6.07) is 9.48. The van der Waals surface area contributed by atoms with Gasteiger partial charge in [-0.2, -0.15) is 4.31 Å². The molecule has 2 aromatic rings. The topological polar surface area (TPSA) is 164 Å². The van der Waals surface area contributed by atoms with Gasteiger partial charge in [0.25, 0.3) is 0 Å². The van der Waals surface area contributed by atoms with Gasteiger partial charge in [-0.25, -0.2) is 18.2 Å². The van der Waals surface area contributed by atoms with Crippen molar-refractivity contribution in [3.05, 3.63) is 84.3 Å². The summed E-state index contributed by atoms with van der Waals surface area (Å²) in [7, 11) is -2.82. The van der Waals surface area contributed by atoms with Crippen LogP contribution in [0, 0.1) is 0 Å². The van der Waals surface area contributed by atoms with E-state index in [0.29, 0.717) is 6.61 Å². The monoisotopic (exact) mass is 625 g/mol. The number of methoxy groups -OCH3 is 1. The number of aliphatic imine (C=N–C) groups is 1. The van der Waals surface area contributed by atoms with Crippen LogP contribution in [0.3, 0.4) is 0 Å². The number of ether oxygens (including phenoxy) is 2. The number of benzene rings is 2. The number of hydrogen-bond donors (Lipinski definition) is 3. The van der Waals surface area contributed by atoms with Gasteiger partial charge in [0.15, 0.2) is 0 Å². The van der Waals surface area contributed by atoms with Crippen LogP contribution in [0.25, 0.3) is 0 Å². The molecule has 0 aromatic heterocycles. The molecule has 12 nitrogen and oxygen atoms in total. The van der Waals surface area contributed by atoms with E-state index in [9.17, 15) is 31.2 Å². The number of rotatable bonds is 12. The fraction of sp³-hybridized carbons (Fsp3) is 0.296. The van der Waals surface area contributed by atoms with E-state index >= 15 is 0 Å². The number of alkyl halides is 3. The van der Waals surface area contributed by atoms with E-state index in [1.165, 1.54) is 4.90 Å². The lowest BCUT2D eigenvalue weighted by Crippen LogP contribution is -2.60. The maximum atomic E-state index is 13.6. The molecule has 232 valence electrons. The summed E-state index contributed by atoms with van der Waals surface area (Å²) in [6.45, 7) is 3.36. The first-order valence-corrected chi connectivity index (χ1v) is 14.1. The number of aliphatic carboxylic acids is 1. The summed E-state index contributed by atoms with van der Waals surface area (Å²) < 4.78 is 74.7. The van der Waals surface area contributed by atoms with Crippen molar-refractivity contribution in [2.45, 2.75) is 30.5 Å². The molecule has 3 rings (SSSR count). The van der Waals surface area contributed by atoms with E-state index in [-0.39, 0.29) is 42.6 Å². The number of carbonyl (C=O) groups is 2. The van der Waals surface area contributed by atoms with Crippen LogP contribution >= 0.6 is 0 Å². The Morgan fingerprint density at radius 3 is 2.33 bits per heavy atom. The average Bonchev–Trinajstić information content (AvgIpc) is 2.96. The van der Waals surface area contributed by atoms with E-state index in [2.05, 4.69) is 21.6 Å². The number of nitrogens with one attached hydrogen (secondary N) is 1. The molecule has 0 aliphatic carbocycles. The summed E-state index contributed by atoms with van der Waals surface area (Å²) in [4.78, 5) is 29.5. The van der Waals surface area contributed by atoms with E-state index < -0.39 is 40.1 Å². The third-order valence-electron chi connectivity index (χ3n) is 6.21. The van der Waals surface area contributed by atoms with E-state index in [1.54, 1.807) is 19.2 Å². The summed E-state index contributed by atoms with van der Waals surface area (Å²) in [5.41, 5.74) is 7.35. The Hall–Kier alpha value is -4.41. The number of hydrogen-bond acceptors (Lipinski definition) is 9. The summed E-state index contributed by atoms with van der Waals surface area (Å²) in [6.07, 6.45) is -2.89. The van der Waals surface area contributed by atoms with Gasteiger partial charge < -0.3 is 30.5 Å². The normalized spacial score (nSPS) is 16.9. The van der Waals surface area contributed by atoms with Crippen LogP contribution in [-0.2, 0) is 37.5 Å². The maximum absolute atomic E-state index is 13.6. The highest BCUT2D eigenvalue weighted by atomic mass is 32.2. The van der Waals surface area contributed by atoms with Crippen molar-refractivity contribution in [3.63, 3.8) is 0 Å². The van der Waals surface area contributed by atoms with Crippen molar-refractivity contribution < 1.29 is 45.8 Å². The van der Waals surface area contributed by atoms with Crippen LogP contribution in [0.1, 0.15) is 11.1 Å². The Morgan fingerprint density at radius 1 is 1.14 bits per heavy atom. The fourth-order valence-corrected chi connectivity index (χ4v) is 5.66. The second kappa shape index (κ2) is 14.2. The molecule has 43 heavy (non-hydrogen) atoms. The van der Waals surface area contributed by atoms with Gasteiger partial charge in [-0.3, -0.25) is 4.79 Å². The second-order valence-corrected chi connectivity index (χ2v) is 11.0. The highest BCUT2D eigenvalue weighted by molar-refractivity contribution is 7.89. The molecule has 1 aliphatic heterocycles. The molecule has 1 fully saturated rings. The minimum absolute atomic E-state index is 0.00636. The third-order valence-corrected chi connectivity index (χ3v) is 8.13. The first kappa shape index (κ1) is 33.1. The molecule has 1 saturated heterocycles. The lowest BCUT2D eigenvalue weighted by atomic mass is 10.1. The number of nitrogens with zero attached hydrogens (tertiary/aromatic N) is 3. The van der Waals surface area contributed by atoms with Gasteiger partial charge in [0.2, 0.25) is 15.9 Å². The smallest absolute Gasteiger partial charge is 0.477 e. The first-order chi connectivity index (χ1) is 20.2. The van der Waals surface area contributed by atoms with Gasteiger partial charge in [0.05, 0.1) is 17.7 Å². The van der Waals surface area contributed by atoms with Gasteiger partial charge in [0.1, 0.15) is 23.3 Å². The summed E-state index contributed by atoms with van der Waals surface area (Å²) in [5.74, 6) is -2.65. The molecular formula is C27H30F3N5O7S. The molecule has 0 radical (unpaired) electrons. The van der Waals surface area contributed by atoms with Crippen LogP contribution in [-0.4, -0.2) is 79.5 Å². The summed E-state index contributed by atoms with van der Waals surface area (Å²) >= 11 is 0. The molecule has 0 unspecified atom stereocenters. The number of halogens is 3. The standard InChI is InChI=1S/C27H30F3N5O7S/c1-3-22(26(37)38)32-15-24(31)34-12-13-35(43(39,40)21-10-8-20(9-11-21)42-27(28,29)30)23(16-34)25(36)33-14-18-4-6-19(7-5-18)17-41-2/h3-11,15,23H,1,12-14,16-17,31H2,2H3,(H,33,36)(H,37,38)/b24-15+,32-22?/t23-/m1/s1. The lowest BCUT2D eigenvalue weighted by Gasteiger charge is -2.40. The molecule has 0 spiro atoms. The Kier molecular flexibility index (Phi) is 10.9. The molecule has 0 bridgehead atoms. The molecule has 16 heteroatoms. The van der Waals surface area contributed by atoms with Crippen LogP contribution in [0.4, 0.5) is 13.2 Å². The zero-order valence-corrected chi connectivity index (χ0v) is 23.8. The van der Waals surface area contributed by atoms with Gasteiger partial charge in [-0.05, 0) is 41.5 Å². The van der Waals surface area contributed by atoms with Gasteiger partial charge in [0, 0.05) is 33.3 Å². The van der Waals surface area contributed by atoms with Crippen LogP contribution in [0.2, 0.25) is 0 Å². The first-order valence-electron chi connectivity index (χ1n) is 12.6. The molecule has 4 N–H and O–H groups in total. The molecule has 0 saturated carbocycles. The number of carbonyl (C=O) groups excluding carboxylic acids is 1. The Bertz CT molecular complexity index is 1480. The number of sulfonamides is 1.